The van der Waals surface area contributed by atoms with E-state index in [4.69, 9.17) is 21.9 Å². The lowest BCUT2D eigenvalue weighted by molar-refractivity contribution is -0.156. The SMILES string of the molecule is CC(C)(C)OC(=O)[C@@H](N)CCCN=C(N)N.Cl.Cl. The van der Waals surface area contributed by atoms with Gasteiger partial charge in [-0.1, -0.05) is 0 Å². The standard InChI is InChI=1S/C10H22N4O2.2ClH/c1-10(2,3)16-8(15)7(11)5-4-6-14-9(12)13;;/h7H,4-6,11H2,1-3H3,(H4,12,13,14);2*1H/t7-;;/m0../s1. The molecule has 0 spiro atoms. The fourth-order valence-corrected chi connectivity index (χ4v) is 1.01. The fraction of sp³-hybridized carbons (Fsp3) is 0.800. The van der Waals surface area contributed by atoms with Crippen molar-refractivity contribution in [2.75, 3.05) is 6.54 Å². The molecule has 0 bridgehead atoms. The maximum absolute atomic E-state index is 11.5. The van der Waals surface area contributed by atoms with Crippen LogP contribution in [0, 0.1) is 0 Å². The fourth-order valence-electron chi connectivity index (χ4n) is 1.01. The molecule has 0 aliphatic heterocycles. The summed E-state index contributed by atoms with van der Waals surface area (Å²) in [5.74, 6) is -0.344. The number of esters is 1. The molecule has 18 heavy (non-hydrogen) atoms. The second kappa shape index (κ2) is 10.2. The number of guanidine groups is 1. The summed E-state index contributed by atoms with van der Waals surface area (Å²) in [5, 5.41) is 0. The minimum Gasteiger partial charge on any atom is -0.459 e. The highest BCUT2D eigenvalue weighted by atomic mass is 35.5. The number of ether oxygens (including phenoxy) is 1. The largest absolute Gasteiger partial charge is 0.459 e. The molecule has 6 N–H and O–H groups in total. The normalized spacial score (nSPS) is 11.6. The van der Waals surface area contributed by atoms with Gasteiger partial charge in [-0.25, -0.2) is 0 Å². The molecule has 0 aliphatic carbocycles. The number of aliphatic imine (C=N–C) groups is 1. The van der Waals surface area contributed by atoms with E-state index >= 15 is 0 Å². The van der Waals surface area contributed by atoms with E-state index in [1.807, 2.05) is 0 Å². The first kappa shape index (κ1) is 22.5. The van der Waals surface area contributed by atoms with E-state index in [9.17, 15) is 4.79 Å². The first-order chi connectivity index (χ1) is 7.22. The quantitative estimate of drug-likeness (QED) is 0.297. The summed E-state index contributed by atoms with van der Waals surface area (Å²) in [7, 11) is 0. The topological polar surface area (TPSA) is 117 Å². The smallest absolute Gasteiger partial charge is 0.323 e. The number of hydrogen-bond acceptors (Lipinski definition) is 4. The van der Waals surface area contributed by atoms with Crippen LogP contribution >= 0.6 is 24.8 Å². The lowest BCUT2D eigenvalue weighted by atomic mass is 10.1. The third-order valence-corrected chi connectivity index (χ3v) is 1.68. The summed E-state index contributed by atoms with van der Waals surface area (Å²) in [6.45, 7) is 5.88. The Labute approximate surface area is 121 Å². The van der Waals surface area contributed by atoms with Crippen LogP contribution in [0.5, 0.6) is 0 Å². The molecule has 0 saturated heterocycles. The van der Waals surface area contributed by atoms with Gasteiger partial charge in [0.25, 0.3) is 0 Å². The number of nitrogens with zero attached hydrogens (tertiary/aromatic N) is 1. The minimum atomic E-state index is -0.617. The summed E-state index contributed by atoms with van der Waals surface area (Å²) < 4.78 is 5.13. The van der Waals surface area contributed by atoms with Crippen LogP contribution in [0.25, 0.3) is 0 Å². The Morgan fingerprint density at radius 2 is 1.78 bits per heavy atom. The maximum Gasteiger partial charge on any atom is 0.323 e. The van der Waals surface area contributed by atoms with E-state index in [2.05, 4.69) is 4.99 Å². The van der Waals surface area contributed by atoms with Gasteiger partial charge in [0.15, 0.2) is 5.96 Å². The van der Waals surface area contributed by atoms with E-state index < -0.39 is 17.6 Å². The molecule has 0 rings (SSSR count). The second-order valence-electron chi connectivity index (χ2n) is 4.59. The molecule has 0 aromatic carbocycles. The van der Waals surface area contributed by atoms with Crippen molar-refractivity contribution in [3.63, 3.8) is 0 Å². The molecule has 0 heterocycles. The number of hydrogen-bond donors (Lipinski definition) is 3. The molecule has 0 aromatic heterocycles. The lowest BCUT2D eigenvalue weighted by Gasteiger charge is -2.22. The van der Waals surface area contributed by atoms with E-state index in [1.54, 1.807) is 20.8 Å². The predicted molar refractivity (Wildman–Crippen MR) is 78.2 cm³/mol. The molecule has 0 unspecified atom stereocenters. The van der Waals surface area contributed by atoms with E-state index in [0.29, 0.717) is 19.4 Å². The average Bonchev–Trinajstić information content (AvgIpc) is 2.08. The van der Waals surface area contributed by atoms with Crippen LogP contribution in [0.15, 0.2) is 4.99 Å². The molecule has 0 amide bonds. The molecule has 6 nitrogen and oxygen atoms in total. The number of nitrogens with two attached hydrogens (primary N) is 3. The van der Waals surface area contributed by atoms with Crippen LogP contribution in [0.2, 0.25) is 0 Å². The van der Waals surface area contributed by atoms with Gasteiger partial charge in [-0.15, -0.1) is 24.8 Å². The monoisotopic (exact) mass is 302 g/mol. The van der Waals surface area contributed by atoms with Gasteiger partial charge in [-0.05, 0) is 33.6 Å². The Morgan fingerprint density at radius 3 is 2.17 bits per heavy atom. The van der Waals surface area contributed by atoms with Crippen LogP contribution in [0.3, 0.4) is 0 Å². The van der Waals surface area contributed by atoms with Gasteiger partial charge in [0, 0.05) is 6.54 Å². The van der Waals surface area contributed by atoms with Crippen LogP contribution < -0.4 is 17.2 Å². The van der Waals surface area contributed by atoms with Gasteiger partial charge in [0.05, 0.1) is 0 Å². The van der Waals surface area contributed by atoms with Crippen molar-refractivity contribution in [2.24, 2.45) is 22.2 Å². The summed E-state index contributed by atoms with van der Waals surface area (Å²) in [6.07, 6.45) is 1.16. The van der Waals surface area contributed by atoms with Crippen molar-refractivity contribution < 1.29 is 9.53 Å². The molecule has 8 heteroatoms. The van der Waals surface area contributed by atoms with Crippen molar-refractivity contribution in [2.45, 2.75) is 45.3 Å². The van der Waals surface area contributed by atoms with E-state index in [-0.39, 0.29) is 30.8 Å². The Bertz CT molecular complexity index is 263. The third-order valence-electron chi connectivity index (χ3n) is 1.68. The second-order valence-corrected chi connectivity index (χ2v) is 4.59. The summed E-state index contributed by atoms with van der Waals surface area (Å²) in [5.41, 5.74) is 15.5. The van der Waals surface area contributed by atoms with Gasteiger partial charge in [-0.2, -0.15) is 0 Å². The van der Waals surface area contributed by atoms with Gasteiger partial charge in [-0.3, -0.25) is 9.79 Å². The molecule has 0 radical (unpaired) electrons. The Kier molecular flexibility index (Phi) is 12.8. The van der Waals surface area contributed by atoms with Crippen molar-refractivity contribution >= 4 is 36.7 Å². The molecule has 0 saturated carbocycles. The molecular weight excluding hydrogens is 279 g/mol. The minimum absolute atomic E-state index is 0. The van der Waals surface area contributed by atoms with Crippen LogP contribution in [0.4, 0.5) is 0 Å². The van der Waals surface area contributed by atoms with Crippen molar-refractivity contribution in [1.82, 2.24) is 0 Å². The molecular formula is C10H24Cl2N4O2. The third kappa shape index (κ3) is 13.3. The summed E-state index contributed by atoms with van der Waals surface area (Å²) >= 11 is 0. The van der Waals surface area contributed by atoms with Crippen molar-refractivity contribution in [1.29, 1.82) is 0 Å². The zero-order valence-electron chi connectivity index (χ0n) is 11.0. The Morgan fingerprint density at radius 1 is 1.28 bits per heavy atom. The highest BCUT2D eigenvalue weighted by molar-refractivity contribution is 5.85. The van der Waals surface area contributed by atoms with Gasteiger partial charge < -0.3 is 21.9 Å². The first-order valence-electron chi connectivity index (χ1n) is 5.26. The zero-order chi connectivity index (χ0) is 12.8. The van der Waals surface area contributed by atoms with E-state index in [0.717, 1.165) is 0 Å². The van der Waals surface area contributed by atoms with Gasteiger partial charge in [0.2, 0.25) is 0 Å². The molecule has 1 atom stereocenters. The summed E-state index contributed by atoms with van der Waals surface area (Å²) in [6, 6.07) is -0.617. The molecule has 0 aromatic rings. The highest BCUT2D eigenvalue weighted by Gasteiger charge is 2.21. The maximum atomic E-state index is 11.5. The summed E-state index contributed by atoms with van der Waals surface area (Å²) in [4.78, 5) is 15.2. The number of carbonyl (C=O) groups excluding carboxylic acids is 1. The van der Waals surface area contributed by atoms with Gasteiger partial charge in [0.1, 0.15) is 11.6 Å². The predicted octanol–water partition coefficient (Wildman–Crippen LogP) is 0.553. The van der Waals surface area contributed by atoms with E-state index in [1.165, 1.54) is 0 Å². The lowest BCUT2D eigenvalue weighted by Crippen LogP contribution is -2.37. The van der Waals surface area contributed by atoms with Crippen molar-refractivity contribution in [3.8, 4) is 0 Å². The molecule has 0 fully saturated rings. The zero-order valence-corrected chi connectivity index (χ0v) is 12.6. The van der Waals surface area contributed by atoms with Crippen LogP contribution in [0.1, 0.15) is 33.6 Å². The highest BCUT2D eigenvalue weighted by Crippen LogP contribution is 2.09. The van der Waals surface area contributed by atoms with Crippen LogP contribution in [-0.2, 0) is 9.53 Å². The van der Waals surface area contributed by atoms with Crippen LogP contribution in [-0.4, -0.2) is 30.1 Å². The number of rotatable bonds is 5. The Hall–Kier alpha value is -0.720. The van der Waals surface area contributed by atoms with Gasteiger partial charge >= 0.3 is 5.97 Å². The Balaban J connectivity index is -0.00000112. The molecule has 110 valence electrons. The average molecular weight is 303 g/mol. The van der Waals surface area contributed by atoms with Crippen molar-refractivity contribution in [3.05, 3.63) is 0 Å². The molecule has 0 aliphatic rings. The number of carbonyl (C=O) groups is 1. The number of halogens is 2. The first-order valence-corrected chi connectivity index (χ1v) is 5.26.